The molecule has 0 spiro atoms. The lowest BCUT2D eigenvalue weighted by atomic mass is 9.85. The van der Waals surface area contributed by atoms with Gasteiger partial charge in [-0.1, -0.05) is 6.07 Å². The molecular formula is C29H37F2N5O4. The fraction of sp³-hybridized carbons (Fsp3) is 0.586. The van der Waals surface area contributed by atoms with Gasteiger partial charge in [-0.15, -0.1) is 0 Å². The van der Waals surface area contributed by atoms with Crippen molar-refractivity contribution in [1.82, 2.24) is 19.5 Å². The fourth-order valence-electron chi connectivity index (χ4n) is 5.32. The fourth-order valence-corrected chi connectivity index (χ4v) is 5.32. The maximum absolute atomic E-state index is 14.2. The lowest BCUT2D eigenvalue weighted by molar-refractivity contribution is -0.156. The van der Waals surface area contributed by atoms with Crippen molar-refractivity contribution in [3.8, 4) is 11.7 Å². The first kappa shape index (κ1) is 28.2. The van der Waals surface area contributed by atoms with Gasteiger partial charge in [0.25, 0.3) is 6.43 Å². The predicted molar refractivity (Wildman–Crippen MR) is 146 cm³/mol. The van der Waals surface area contributed by atoms with Gasteiger partial charge in [0.1, 0.15) is 17.5 Å². The van der Waals surface area contributed by atoms with Crippen LogP contribution in [0.25, 0.3) is 16.9 Å². The van der Waals surface area contributed by atoms with Crippen molar-refractivity contribution in [2.75, 3.05) is 31.2 Å². The zero-order chi connectivity index (χ0) is 28.4. The minimum absolute atomic E-state index is 0.105. The molecule has 1 aliphatic carbocycles. The Kier molecular flexibility index (Phi) is 8.21. The summed E-state index contributed by atoms with van der Waals surface area (Å²) in [6.45, 7) is 9.75. The summed E-state index contributed by atoms with van der Waals surface area (Å²) in [4.78, 5) is 27.9. The summed E-state index contributed by atoms with van der Waals surface area (Å²) in [6.07, 6.45) is 0.681. The van der Waals surface area contributed by atoms with E-state index in [0.29, 0.717) is 55.6 Å². The van der Waals surface area contributed by atoms with E-state index in [1.54, 1.807) is 12.1 Å². The normalized spacial score (nSPS) is 20.2. The maximum atomic E-state index is 14.2. The Morgan fingerprint density at radius 1 is 1.07 bits per heavy atom. The highest BCUT2D eigenvalue weighted by atomic mass is 19.3. The molecule has 2 aromatic heterocycles. The first-order valence-corrected chi connectivity index (χ1v) is 13.9. The summed E-state index contributed by atoms with van der Waals surface area (Å²) < 4.78 is 47.1. The van der Waals surface area contributed by atoms with Crippen molar-refractivity contribution < 1.29 is 27.8 Å². The van der Waals surface area contributed by atoms with Gasteiger partial charge >= 0.3 is 5.97 Å². The van der Waals surface area contributed by atoms with Crippen LogP contribution in [0.3, 0.4) is 0 Å². The summed E-state index contributed by atoms with van der Waals surface area (Å²) in [6, 6.07) is 7.04. The number of benzene rings is 1. The minimum Gasteiger partial charge on any atom is -0.474 e. The number of ether oxygens (including phenoxy) is 3. The molecule has 0 N–H and O–H groups in total. The van der Waals surface area contributed by atoms with E-state index < -0.39 is 12.0 Å². The van der Waals surface area contributed by atoms with Crippen molar-refractivity contribution in [3.63, 3.8) is 0 Å². The van der Waals surface area contributed by atoms with Crippen molar-refractivity contribution in [2.24, 2.45) is 5.92 Å². The molecule has 5 rings (SSSR count). The number of nitrogens with zero attached hydrogens (tertiary/aromatic N) is 5. The third-order valence-corrected chi connectivity index (χ3v) is 7.19. The molecule has 216 valence electrons. The quantitative estimate of drug-likeness (QED) is 0.349. The minimum atomic E-state index is -2.79. The zero-order valence-electron chi connectivity index (χ0n) is 23.5. The molecule has 1 aliphatic heterocycles. The van der Waals surface area contributed by atoms with Crippen LogP contribution in [-0.4, -0.2) is 63.5 Å². The Morgan fingerprint density at radius 3 is 2.48 bits per heavy atom. The highest BCUT2D eigenvalue weighted by Gasteiger charge is 2.28. The Morgan fingerprint density at radius 2 is 1.80 bits per heavy atom. The second kappa shape index (κ2) is 11.6. The number of alkyl halides is 2. The van der Waals surface area contributed by atoms with Crippen LogP contribution in [0.1, 0.15) is 70.7 Å². The van der Waals surface area contributed by atoms with Crippen molar-refractivity contribution in [2.45, 2.75) is 77.9 Å². The van der Waals surface area contributed by atoms with E-state index in [-0.39, 0.29) is 29.6 Å². The van der Waals surface area contributed by atoms with Gasteiger partial charge in [-0.2, -0.15) is 9.97 Å². The van der Waals surface area contributed by atoms with Gasteiger partial charge in [-0.25, -0.2) is 13.8 Å². The van der Waals surface area contributed by atoms with Gasteiger partial charge in [0.05, 0.1) is 24.2 Å². The number of aryl methyl sites for hydroxylation is 1. The van der Waals surface area contributed by atoms with Gasteiger partial charge in [-0.3, -0.25) is 9.36 Å². The van der Waals surface area contributed by atoms with E-state index in [1.165, 1.54) is 4.57 Å². The first-order valence-electron chi connectivity index (χ1n) is 13.9. The number of rotatable bonds is 7. The number of hydrogen-bond donors (Lipinski definition) is 0. The summed E-state index contributed by atoms with van der Waals surface area (Å²) in [5.41, 5.74) is 1.45. The van der Waals surface area contributed by atoms with Gasteiger partial charge in [-0.05, 0) is 77.0 Å². The monoisotopic (exact) mass is 557 g/mol. The smallest absolute Gasteiger partial charge is 0.306 e. The Bertz CT molecular complexity index is 1340. The van der Waals surface area contributed by atoms with Crippen LogP contribution in [0.4, 0.5) is 14.7 Å². The molecule has 1 saturated heterocycles. The topological polar surface area (TPSA) is 91.6 Å². The zero-order valence-corrected chi connectivity index (χ0v) is 23.5. The summed E-state index contributed by atoms with van der Waals surface area (Å²) in [5, 5.41) is 0. The lowest BCUT2D eigenvalue weighted by Crippen LogP contribution is -2.37. The molecule has 0 radical (unpaired) electrons. The SMILES string of the molecule is Cc1ccc2nc(C(F)F)n(-c3cc(OC4CCC(CC(=O)OC(C)(C)C)CC4)nc(N4CCOCC4)n3)c2c1. The number of imidazole rings is 1. The van der Waals surface area contributed by atoms with Crippen LogP contribution in [0, 0.1) is 12.8 Å². The third-order valence-electron chi connectivity index (χ3n) is 7.19. The molecule has 2 fully saturated rings. The summed E-state index contributed by atoms with van der Waals surface area (Å²) in [7, 11) is 0. The average molecular weight is 558 g/mol. The molecule has 0 amide bonds. The number of aromatic nitrogens is 4. The van der Waals surface area contributed by atoms with Gasteiger partial charge in [0, 0.05) is 25.6 Å². The van der Waals surface area contributed by atoms with Gasteiger partial charge in [0.2, 0.25) is 11.8 Å². The molecular weight excluding hydrogens is 520 g/mol. The molecule has 1 aromatic carbocycles. The second-order valence-corrected chi connectivity index (χ2v) is 11.6. The van der Waals surface area contributed by atoms with E-state index in [0.717, 1.165) is 31.2 Å². The number of carbonyl (C=O) groups is 1. The van der Waals surface area contributed by atoms with E-state index in [4.69, 9.17) is 19.2 Å². The second-order valence-electron chi connectivity index (χ2n) is 11.6. The van der Waals surface area contributed by atoms with Crippen LogP contribution in [0.2, 0.25) is 0 Å². The Balaban J connectivity index is 1.41. The van der Waals surface area contributed by atoms with Crippen LogP contribution >= 0.6 is 0 Å². The third kappa shape index (κ3) is 6.68. The van der Waals surface area contributed by atoms with E-state index in [1.807, 2.05) is 44.7 Å². The van der Waals surface area contributed by atoms with Crippen LogP contribution in [0.15, 0.2) is 24.3 Å². The molecule has 0 bridgehead atoms. The van der Waals surface area contributed by atoms with Crippen molar-refractivity contribution in [1.29, 1.82) is 0 Å². The van der Waals surface area contributed by atoms with E-state index in [9.17, 15) is 13.6 Å². The summed E-state index contributed by atoms with van der Waals surface area (Å²) in [5.74, 6) is 0.717. The van der Waals surface area contributed by atoms with Crippen molar-refractivity contribution >= 4 is 23.0 Å². The molecule has 9 nitrogen and oxygen atoms in total. The average Bonchev–Trinajstić information content (AvgIpc) is 3.28. The molecule has 1 saturated carbocycles. The molecule has 3 heterocycles. The standard InChI is InChI=1S/C29H37F2N5O4/c1-18-5-10-21-22(15-18)36(27(32-21)26(30)31)23-17-24(34-28(33-23)35-11-13-38-14-12-35)39-20-8-6-19(7-9-20)16-25(37)40-29(2,3)4/h5,10,15,17,19-20,26H,6-9,11-14,16H2,1-4H3. The highest BCUT2D eigenvalue weighted by Crippen LogP contribution is 2.33. The first-order chi connectivity index (χ1) is 19.1. The summed E-state index contributed by atoms with van der Waals surface area (Å²) >= 11 is 0. The number of hydrogen-bond acceptors (Lipinski definition) is 8. The molecule has 40 heavy (non-hydrogen) atoms. The van der Waals surface area contributed by atoms with Crippen LogP contribution < -0.4 is 9.64 Å². The molecule has 0 atom stereocenters. The van der Waals surface area contributed by atoms with E-state index >= 15 is 0 Å². The molecule has 2 aliphatic rings. The number of esters is 1. The lowest BCUT2D eigenvalue weighted by Gasteiger charge is -2.30. The molecule has 3 aromatic rings. The van der Waals surface area contributed by atoms with Crippen molar-refractivity contribution in [3.05, 3.63) is 35.7 Å². The number of halogens is 2. The number of carbonyl (C=O) groups excluding carboxylic acids is 1. The molecule has 0 unspecified atom stereocenters. The van der Waals surface area contributed by atoms with Gasteiger partial charge in [0.15, 0.2) is 5.82 Å². The molecule has 11 heteroatoms. The maximum Gasteiger partial charge on any atom is 0.306 e. The number of fused-ring (bicyclic) bond motifs is 1. The largest absolute Gasteiger partial charge is 0.474 e. The van der Waals surface area contributed by atoms with Gasteiger partial charge < -0.3 is 19.1 Å². The Labute approximate surface area is 232 Å². The van der Waals surface area contributed by atoms with E-state index in [2.05, 4.69) is 9.97 Å². The number of anilines is 1. The Hall–Kier alpha value is -3.34. The number of morpholine rings is 1. The van der Waals surface area contributed by atoms with Crippen LogP contribution in [0.5, 0.6) is 5.88 Å². The van der Waals surface area contributed by atoms with Crippen LogP contribution in [-0.2, 0) is 14.3 Å². The highest BCUT2D eigenvalue weighted by molar-refractivity contribution is 5.79. The predicted octanol–water partition coefficient (Wildman–Crippen LogP) is 5.57.